The molecule has 0 N–H and O–H groups in total. The lowest BCUT2D eigenvalue weighted by molar-refractivity contribution is 0.0461. The SMILES string of the molecule is CC1CC(C(C2CCC3OC3(C)C2)C2CCC3OC3(C)C2)CC2(C)OC12. The first-order valence-electron chi connectivity index (χ1n) is 11.3. The molecule has 6 fully saturated rings. The van der Waals surface area contributed by atoms with E-state index in [1.807, 2.05) is 0 Å². The van der Waals surface area contributed by atoms with Crippen molar-refractivity contribution < 1.29 is 14.2 Å². The summed E-state index contributed by atoms with van der Waals surface area (Å²) in [6, 6.07) is 0. The van der Waals surface area contributed by atoms with Crippen molar-refractivity contribution in [1.29, 1.82) is 0 Å². The molecule has 3 saturated heterocycles. The summed E-state index contributed by atoms with van der Waals surface area (Å²) < 4.78 is 18.4. The summed E-state index contributed by atoms with van der Waals surface area (Å²) in [5.41, 5.74) is 0.608. The lowest BCUT2D eigenvalue weighted by atomic mass is 9.58. The van der Waals surface area contributed by atoms with Crippen LogP contribution in [0.3, 0.4) is 0 Å². The summed E-state index contributed by atoms with van der Waals surface area (Å²) in [7, 11) is 0. The molecule has 0 aromatic rings. The second-order valence-electron chi connectivity index (χ2n) is 11.5. The van der Waals surface area contributed by atoms with Crippen LogP contribution in [-0.4, -0.2) is 35.1 Å². The van der Waals surface area contributed by atoms with Gasteiger partial charge in [0.15, 0.2) is 0 Å². The van der Waals surface area contributed by atoms with Gasteiger partial charge in [0.05, 0.1) is 35.1 Å². The minimum absolute atomic E-state index is 0.189. The normalized spacial score (nSPS) is 63.9. The van der Waals surface area contributed by atoms with Crippen molar-refractivity contribution in [2.75, 3.05) is 0 Å². The van der Waals surface area contributed by atoms with Crippen LogP contribution in [0, 0.1) is 29.6 Å². The Morgan fingerprint density at radius 3 is 1.73 bits per heavy atom. The fourth-order valence-corrected chi connectivity index (χ4v) is 8.09. The highest BCUT2D eigenvalue weighted by Gasteiger charge is 2.64. The highest BCUT2D eigenvalue weighted by Crippen LogP contribution is 2.61. The predicted molar refractivity (Wildman–Crippen MR) is 99.9 cm³/mol. The number of fused-ring (bicyclic) bond motifs is 3. The highest BCUT2D eigenvalue weighted by atomic mass is 16.6. The largest absolute Gasteiger partial charge is 0.366 e. The number of ether oxygens (including phenoxy) is 3. The smallest absolute Gasteiger partial charge is 0.0926 e. The van der Waals surface area contributed by atoms with Crippen LogP contribution in [0.2, 0.25) is 0 Å². The summed E-state index contributed by atoms with van der Waals surface area (Å²) in [5, 5.41) is 0. The van der Waals surface area contributed by atoms with Gasteiger partial charge in [0.25, 0.3) is 0 Å². The Labute approximate surface area is 158 Å². The standard InChI is InChI=1S/C23H36O3/c1-13-9-16(12-23(4)20(13)26-23)19(14-5-7-17-21(2,10-14)24-17)15-6-8-18-22(3,11-15)25-18/h13-20H,5-12H2,1-4H3. The van der Waals surface area contributed by atoms with Gasteiger partial charge >= 0.3 is 0 Å². The molecular formula is C23H36O3. The zero-order chi connectivity index (χ0) is 17.9. The van der Waals surface area contributed by atoms with Crippen LogP contribution >= 0.6 is 0 Å². The Balaban J connectivity index is 1.28. The summed E-state index contributed by atoms with van der Waals surface area (Å²) in [4.78, 5) is 0. The monoisotopic (exact) mass is 360 g/mol. The first-order valence-corrected chi connectivity index (χ1v) is 11.3. The molecule has 3 nitrogen and oxygen atoms in total. The maximum absolute atomic E-state index is 6.18. The summed E-state index contributed by atoms with van der Waals surface area (Å²) in [6.45, 7) is 9.55. The number of epoxide rings is 3. The highest BCUT2D eigenvalue weighted by molar-refractivity contribution is 5.12. The van der Waals surface area contributed by atoms with Gasteiger partial charge in [-0.15, -0.1) is 0 Å². The zero-order valence-electron chi connectivity index (χ0n) is 17.0. The minimum Gasteiger partial charge on any atom is -0.366 e. The van der Waals surface area contributed by atoms with Gasteiger partial charge in [-0.05, 0) is 102 Å². The first-order chi connectivity index (χ1) is 12.3. The molecule has 0 aromatic heterocycles. The molecule has 3 heteroatoms. The van der Waals surface area contributed by atoms with Crippen molar-refractivity contribution in [1.82, 2.24) is 0 Å². The van der Waals surface area contributed by atoms with Crippen molar-refractivity contribution in [2.45, 2.75) is 114 Å². The molecule has 10 unspecified atom stereocenters. The Morgan fingerprint density at radius 2 is 1.23 bits per heavy atom. The number of hydrogen-bond acceptors (Lipinski definition) is 3. The van der Waals surface area contributed by atoms with Crippen LogP contribution < -0.4 is 0 Å². The second kappa shape index (κ2) is 5.07. The molecular weight excluding hydrogens is 324 g/mol. The third-order valence-corrected chi connectivity index (χ3v) is 9.44. The van der Waals surface area contributed by atoms with E-state index in [-0.39, 0.29) is 16.8 Å². The molecule has 3 aliphatic carbocycles. The van der Waals surface area contributed by atoms with Gasteiger partial charge in [0, 0.05) is 0 Å². The summed E-state index contributed by atoms with van der Waals surface area (Å²) >= 11 is 0. The van der Waals surface area contributed by atoms with Gasteiger partial charge in [0.2, 0.25) is 0 Å². The van der Waals surface area contributed by atoms with E-state index in [9.17, 15) is 0 Å². The molecule has 146 valence electrons. The van der Waals surface area contributed by atoms with E-state index >= 15 is 0 Å². The van der Waals surface area contributed by atoms with Gasteiger partial charge in [-0.2, -0.15) is 0 Å². The van der Waals surface area contributed by atoms with E-state index in [1.54, 1.807) is 0 Å². The van der Waals surface area contributed by atoms with Gasteiger partial charge in [-0.1, -0.05) is 6.92 Å². The molecule has 3 saturated carbocycles. The van der Waals surface area contributed by atoms with E-state index < -0.39 is 0 Å². The lowest BCUT2D eigenvalue weighted by Crippen LogP contribution is -2.42. The van der Waals surface area contributed by atoms with E-state index in [2.05, 4.69) is 27.7 Å². The van der Waals surface area contributed by atoms with E-state index in [4.69, 9.17) is 14.2 Å². The van der Waals surface area contributed by atoms with Gasteiger partial charge < -0.3 is 14.2 Å². The third kappa shape index (κ3) is 2.42. The fourth-order valence-electron chi connectivity index (χ4n) is 8.09. The predicted octanol–water partition coefficient (Wildman–Crippen LogP) is 4.72. The number of hydrogen-bond donors (Lipinski definition) is 0. The molecule has 6 rings (SSSR count). The van der Waals surface area contributed by atoms with Gasteiger partial charge in [-0.3, -0.25) is 0 Å². The van der Waals surface area contributed by atoms with Crippen LogP contribution in [0.15, 0.2) is 0 Å². The van der Waals surface area contributed by atoms with Gasteiger partial charge in [-0.25, -0.2) is 0 Å². The fraction of sp³-hybridized carbons (Fsp3) is 1.00. The molecule has 0 amide bonds. The molecule has 26 heavy (non-hydrogen) atoms. The van der Waals surface area contributed by atoms with Crippen LogP contribution in [0.4, 0.5) is 0 Å². The third-order valence-electron chi connectivity index (χ3n) is 9.44. The quantitative estimate of drug-likeness (QED) is 0.683. The average molecular weight is 361 g/mol. The molecule has 3 heterocycles. The molecule has 6 aliphatic rings. The Bertz CT molecular complexity index is 587. The van der Waals surface area contributed by atoms with Crippen molar-refractivity contribution in [3.05, 3.63) is 0 Å². The van der Waals surface area contributed by atoms with Crippen molar-refractivity contribution in [3.8, 4) is 0 Å². The summed E-state index contributed by atoms with van der Waals surface area (Å²) in [5.74, 6) is 4.11. The van der Waals surface area contributed by atoms with Crippen molar-refractivity contribution in [3.63, 3.8) is 0 Å². The lowest BCUT2D eigenvalue weighted by Gasteiger charge is -2.45. The number of rotatable bonds is 3. The molecule has 0 aromatic carbocycles. The molecule has 0 bridgehead atoms. The maximum Gasteiger partial charge on any atom is 0.0926 e. The minimum atomic E-state index is 0.189. The Morgan fingerprint density at radius 1 is 0.692 bits per heavy atom. The van der Waals surface area contributed by atoms with Crippen molar-refractivity contribution >= 4 is 0 Å². The Kier molecular flexibility index (Phi) is 3.28. The maximum atomic E-state index is 6.18. The average Bonchev–Trinajstić information content (AvgIpc) is 3.46. The topological polar surface area (TPSA) is 37.6 Å². The van der Waals surface area contributed by atoms with Gasteiger partial charge in [0.1, 0.15) is 0 Å². The van der Waals surface area contributed by atoms with E-state index in [0.29, 0.717) is 18.3 Å². The van der Waals surface area contributed by atoms with E-state index in [0.717, 1.165) is 29.6 Å². The van der Waals surface area contributed by atoms with Crippen LogP contribution in [0.25, 0.3) is 0 Å². The molecule has 0 radical (unpaired) electrons. The summed E-state index contributed by atoms with van der Waals surface area (Å²) in [6.07, 6.45) is 12.3. The Hall–Kier alpha value is -0.120. The molecule has 0 spiro atoms. The van der Waals surface area contributed by atoms with E-state index in [1.165, 1.54) is 51.4 Å². The van der Waals surface area contributed by atoms with Crippen LogP contribution in [0.5, 0.6) is 0 Å². The van der Waals surface area contributed by atoms with Crippen molar-refractivity contribution in [2.24, 2.45) is 29.6 Å². The zero-order valence-corrected chi connectivity index (χ0v) is 17.0. The first kappa shape index (κ1) is 16.8. The van der Waals surface area contributed by atoms with Crippen LogP contribution in [-0.2, 0) is 14.2 Å². The second-order valence-corrected chi connectivity index (χ2v) is 11.5. The van der Waals surface area contributed by atoms with Crippen LogP contribution in [0.1, 0.15) is 79.1 Å². The molecule has 10 atom stereocenters. The molecule has 3 aliphatic heterocycles.